The van der Waals surface area contributed by atoms with Crippen molar-refractivity contribution in [1.82, 2.24) is 15.4 Å². The first-order valence-corrected chi connectivity index (χ1v) is 18.8. The third-order valence-electron chi connectivity index (χ3n) is 11.1. The number of benzene rings is 2. The third kappa shape index (κ3) is 6.80. The van der Waals surface area contributed by atoms with Crippen LogP contribution in [0, 0.1) is 5.82 Å². The monoisotopic (exact) mass is 671 g/mol. The predicted octanol–water partition coefficient (Wildman–Crippen LogP) is 5.93. The largest absolute Gasteiger partial charge is 0.490 e. The molecule has 11 heteroatoms. The molecule has 3 aliphatic carbocycles. The highest BCUT2D eigenvalue weighted by Gasteiger charge is 2.54. The van der Waals surface area contributed by atoms with Gasteiger partial charge in [0, 0.05) is 36.5 Å². The molecule has 1 spiro atoms. The lowest BCUT2D eigenvalue weighted by Crippen LogP contribution is -2.48. The Balaban J connectivity index is 1.24. The van der Waals surface area contributed by atoms with E-state index in [0.29, 0.717) is 47.3 Å². The Hall–Kier alpha value is -3.05. The van der Waals surface area contributed by atoms with Crippen molar-refractivity contribution in [2.45, 2.75) is 126 Å². The topological polar surface area (TPSA) is 114 Å². The number of nitrogens with one attached hydrogen (secondary N) is 3. The van der Waals surface area contributed by atoms with Gasteiger partial charge in [0.1, 0.15) is 17.7 Å². The highest BCUT2D eigenvalue weighted by Crippen LogP contribution is 2.46. The van der Waals surface area contributed by atoms with Crippen molar-refractivity contribution in [3.05, 3.63) is 53.3 Å². The molecule has 256 valence electrons. The summed E-state index contributed by atoms with van der Waals surface area (Å²) in [7, 11) is -3.78. The first-order chi connectivity index (χ1) is 22.2. The van der Waals surface area contributed by atoms with Gasteiger partial charge in [-0.1, -0.05) is 37.5 Å². The van der Waals surface area contributed by atoms with Crippen molar-refractivity contribution in [3.63, 3.8) is 0 Å². The molecule has 1 saturated heterocycles. The van der Waals surface area contributed by atoms with Crippen molar-refractivity contribution in [2.75, 3.05) is 12.3 Å². The number of hydrogen-bond donors (Lipinski definition) is 3. The molecule has 6 rings (SSSR count). The maximum atomic E-state index is 15.8. The molecule has 2 aromatic rings. The number of sulfonamides is 1. The number of amides is 2. The van der Waals surface area contributed by atoms with Crippen LogP contribution in [0.3, 0.4) is 0 Å². The Bertz CT molecular complexity index is 1640. The minimum atomic E-state index is -3.78. The van der Waals surface area contributed by atoms with E-state index in [2.05, 4.69) is 15.4 Å². The molecule has 1 heterocycles. The van der Waals surface area contributed by atoms with Gasteiger partial charge in [0.15, 0.2) is 0 Å². The van der Waals surface area contributed by atoms with Gasteiger partial charge in [-0.3, -0.25) is 14.3 Å². The van der Waals surface area contributed by atoms with Gasteiger partial charge in [-0.25, -0.2) is 17.2 Å². The van der Waals surface area contributed by atoms with Crippen molar-refractivity contribution >= 4 is 21.8 Å². The number of rotatable bonds is 10. The predicted molar refractivity (Wildman–Crippen MR) is 177 cm³/mol. The minimum Gasteiger partial charge on any atom is -0.490 e. The zero-order chi connectivity index (χ0) is 33.6. The Kier molecular flexibility index (Phi) is 9.19. The molecule has 4 aliphatic rings. The Morgan fingerprint density at radius 2 is 1.79 bits per heavy atom. The second-order valence-corrected chi connectivity index (χ2v) is 16.7. The van der Waals surface area contributed by atoms with Gasteiger partial charge in [-0.2, -0.15) is 0 Å². The van der Waals surface area contributed by atoms with Crippen LogP contribution in [0.1, 0.15) is 108 Å². The van der Waals surface area contributed by atoms with E-state index in [4.69, 9.17) is 4.74 Å². The molecule has 0 bridgehead atoms. The number of carbonyl (C=O) groups is 2. The van der Waals surface area contributed by atoms with E-state index in [-0.39, 0.29) is 48.1 Å². The highest BCUT2D eigenvalue weighted by molar-refractivity contribution is 7.90. The van der Waals surface area contributed by atoms with Crippen LogP contribution in [0.25, 0.3) is 11.1 Å². The van der Waals surface area contributed by atoms with Gasteiger partial charge in [-0.15, -0.1) is 0 Å². The normalized spacial score (nSPS) is 25.9. The zero-order valence-corrected chi connectivity index (χ0v) is 28.4. The smallest absolute Gasteiger partial charge is 0.259 e. The lowest BCUT2D eigenvalue weighted by molar-refractivity contribution is -0.132. The SMILES string of the molecule is CCS(=O)(=O)NC(=O)C(C)(C)c1ccc(O[C@@H]2CC[C@@H](NC(=O)[C@]3(F)CNC4(CCCC4)C3)C2)c(-c2cccc(F)c2C2CCC2)c1. The molecule has 0 radical (unpaired) electrons. The number of alkyl halides is 1. The van der Waals surface area contributed by atoms with E-state index >= 15 is 8.78 Å². The average Bonchev–Trinajstić information content (AvgIpc) is 3.74. The molecule has 4 fully saturated rings. The summed E-state index contributed by atoms with van der Waals surface area (Å²) in [5.74, 6) is -1.15. The first-order valence-electron chi connectivity index (χ1n) is 17.1. The van der Waals surface area contributed by atoms with Crippen LogP contribution < -0.4 is 20.1 Å². The fraction of sp³-hybridized carbons (Fsp3) is 0.611. The zero-order valence-electron chi connectivity index (χ0n) is 27.6. The van der Waals surface area contributed by atoms with E-state index in [1.165, 1.54) is 13.0 Å². The molecule has 3 atom stereocenters. The quantitative estimate of drug-likeness (QED) is 0.289. The van der Waals surface area contributed by atoms with E-state index in [0.717, 1.165) is 44.9 Å². The number of halogens is 2. The van der Waals surface area contributed by atoms with Gasteiger partial charge < -0.3 is 15.4 Å². The molecule has 47 heavy (non-hydrogen) atoms. The summed E-state index contributed by atoms with van der Waals surface area (Å²) in [6, 6.07) is 10.1. The van der Waals surface area contributed by atoms with Crippen LogP contribution in [0.2, 0.25) is 0 Å². The fourth-order valence-corrected chi connectivity index (χ4v) is 8.50. The second kappa shape index (κ2) is 12.8. The van der Waals surface area contributed by atoms with E-state index in [1.807, 2.05) is 6.07 Å². The van der Waals surface area contributed by atoms with Crippen LogP contribution in [0.15, 0.2) is 36.4 Å². The van der Waals surface area contributed by atoms with E-state index in [9.17, 15) is 18.0 Å². The molecule has 2 amide bonds. The van der Waals surface area contributed by atoms with Crippen LogP contribution in [0.4, 0.5) is 8.78 Å². The van der Waals surface area contributed by atoms with Crippen molar-refractivity contribution < 1.29 is 31.5 Å². The average molecular weight is 672 g/mol. The summed E-state index contributed by atoms with van der Waals surface area (Å²) in [5, 5.41) is 6.27. The van der Waals surface area contributed by atoms with Crippen molar-refractivity contribution in [1.29, 1.82) is 0 Å². The lowest BCUT2D eigenvalue weighted by Gasteiger charge is -2.30. The summed E-state index contributed by atoms with van der Waals surface area (Å²) >= 11 is 0. The van der Waals surface area contributed by atoms with Gasteiger partial charge in [0.25, 0.3) is 5.91 Å². The minimum absolute atomic E-state index is 0.0386. The lowest BCUT2D eigenvalue weighted by atomic mass is 9.76. The standard InChI is InChI=1S/C36H47F2N3O5S/c1-4-47(44,45)41-32(42)34(2,3)24-13-16-30(28(19-24)27-11-8-12-29(37)31(27)23-9-7-10-23)46-26-15-14-25(20-26)40-33(43)36(38)21-35(39-22-36)17-5-6-18-35/h8,11-13,16,19,23,25-26,39H,4-7,9-10,14-15,17-18,20-22H2,1-3H3,(H,40,43)(H,41,42)/t25-,26-,36-/m1/s1. The van der Waals surface area contributed by atoms with Crippen LogP contribution >= 0.6 is 0 Å². The maximum absolute atomic E-state index is 15.8. The molecular weight excluding hydrogens is 624 g/mol. The fourth-order valence-electron chi connectivity index (χ4n) is 7.82. The second-order valence-electron chi connectivity index (χ2n) is 14.7. The molecule has 2 aromatic carbocycles. The van der Waals surface area contributed by atoms with Crippen molar-refractivity contribution in [3.8, 4) is 16.9 Å². The Labute approximate surface area is 276 Å². The molecule has 8 nitrogen and oxygen atoms in total. The van der Waals surface area contributed by atoms with Gasteiger partial charge in [0.05, 0.1) is 11.2 Å². The summed E-state index contributed by atoms with van der Waals surface area (Å²) in [5.41, 5.74) is -0.925. The third-order valence-corrected chi connectivity index (χ3v) is 12.4. The summed E-state index contributed by atoms with van der Waals surface area (Å²) < 4.78 is 64.4. The summed E-state index contributed by atoms with van der Waals surface area (Å²) in [4.78, 5) is 26.4. The Morgan fingerprint density at radius 1 is 1.04 bits per heavy atom. The number of carbonyl (C=O) groups excluding carboxylic acids is 2. The van der Waals surface area contributed by atoms with Crippen molar-refractivity contribution in [2.24, 2.45) is 0 Å². The molecule has 3 saturated carbocycles. The number of ether oxygens (including phenoxy) is 1. The van der Waals surface area contributed by atoms with Crippen LogP contribution in [-0.2, 0) is 25.0 Å². The molecule has 0 aromatic heterocycles. The molecule has 1 aliphatic heterocycles. The van der Waals surface area contributed by atoms with E-state index in [1.54, 1.807) is 38.1 Å². The first kappa shape index (κ1) is 33.8. The van der Waals surface area contributed by atoms with E-state index < -0.39 is 32.9 Å². The highest BCUT2D eigenvalue weighted by atomic mass is 32.2. The number of hydrogen-bond acceptors (Lipinski definition) is 6. The summed E-state index contributed by atoms with van der Waals surface area (Å²) in [6.45, 7) is 4.81. The molecular formula is C36H47F2N3O5S. The molecule has 0 unspecified atom stereocenters. The van der Waals surface area contributed by atoms with Gasteiger partial charge >= 0.3 is 0 Å². The summed E-state index contributed by atoms with van der Waals surface area (Å²) in [6.07, 6.45) is 8.43. The van der Waals surface area contributed by atoms with Gasteiger partial charge in [0.2, 0.25) is 21.6 Å². The molecule has 3 N–H and O–H groups in total. The van der Waals surface area contributed by atoms with Crippen LogP contribution in [0.5, 0.6) is 5.75 Å². The Morgan fingerprint density at radius 3 is 2.47 bits per heavy atom. The maximum Gasteiger partial charge on any atom is 0.259 e. The van der Waals surface area contributed by atoms with Gasteiger partial charge in [-0.05, 0) is 100 Å². The van der Waals surface area contributed by atoms with Crippen LogP contribution in [-0.4, -0.2) is 55.9 Å².